The Balaban J connectivity index is 1.82. The van der Waals surface area contributed by atoms with E-state index in [4.69, 9.17) is 4.74 Å². The number of halogens is 1. The molecule has 0 aliphatic rings. The van der Waals surface area contributed by atoms with Crippen molar-refractivity contribution < 1.29 is 17.5 Å². The molecular formula is C15H13FN2O3S. The van der Waals surface area contributed by atoms with Crippen LogP contribution >= 0.6 is 0 Å². The molecule has 0 spiro atoms. The van der Waals surface area contributed by atoms with E-state index < -0.39 is 15.8 Å². The largest absolute Gasteiger partial charge is 0.479 e. The van der Waals surface area contributed by atoms with E-state index in [1.807, 2.05) is 0 Å². The van der Waals surface area contributed by atoms with Gasteiger partial charge in [-0.2, -0.15) is 4.72 Å². The molecule has 0 unspecified atom stereocenters. The molecule has 2 aromatic rings. The van der Waals surface area contributed by atoms with Gasteiger partial charge in [0.05, 0.1) is 17.6 Å². The fourth-order valence-corrected chi connectivity index (χ4v) is 2.47. The molecule has 7 heteroatoms. The monoisotopic (exact) mass is 320 g/mol. The molecule has 1 aromatic carbocycles. The van der Waals surface area contributed by atoms with Crippen molar-refractivity contribution >= 4 is 10.0 Å². The van der Waals surface area contributed by atoms with E-state index in [2.05, 4.69) is 21.5 Å². The first-order chi connectivity index (χ1) is 10.6. The van der Waals surface area contributed by atoms with Crippen LogP contribution in [0.3, 0.4) is 0 Å². The lowest BCUT2D eigenvalue weighted by molar-refractivity contribution is 0.368. The van der Waals surface area contributed by atoms with Gasteiger partial charge in [0, 0.05) is 6.20 Å². The number of pyridine rings is 1. The van der Waals surface area contributed by atoms with E-state index in [-0.39, 0.29) is 18.0 Å². The molecular weight excluding hydrogens is 307 g/mol. The maximum Gasteiger partial charge on any atom is 0.241 e. The van der Waals surface area contributed by atoms with E-state index >= 15 is 0 Å². The summed E-state index contributed by atoms with van der Waals surface area (Å²) in [5, 5.41) is 0. The molecule has 5 nitrogen and oxygen atoms in total. The molecule has 0 fully saturated rings. The van der Waals surface area contributed by atoms with Gasteiger partial charge in [-0.15, -0.1) is 0 Å². The summed E-state index contributed by atoms with van der Waals surface area (Å²) in [6.45, 7) is 0.0304. The number of benzene rings is 1. The van der Waals surface area contributed by atoms with Crippen molar-refractivity contribution in [1.82, 2.24) is 9.71 Å². The van der Waals surface area contributed by atoms with Gasteiger partial charge in [-0.05, 0) is 30.3 Å². The standard InChI is InChI=1S/C15H13FN2O3S/c16-13-5-3-7-15(11-13)22(19,20)18-9-1-2-10-21-14-6-4-8-17-12-14/h3-8,11-12,18H,9-10H2. The maximum absolute atomic E-state index is 13.0. The van der Waals surface area contributed by atoms with E-state index in [9.17, 15) is 12.8 Å². The number of hydrogen-bond acceptors (Lipinski definition) is 4. The highest BCUT2D eigenvalue weighted by molar-refractivity contribution is 7.89. The lowest BCUT2D eigenvalue weighted by atomic mass is 10.4. The molecule has 0 amide bonds. The van der Waals surface area contributed by atoms with Gasteiger partial charge in [0.15, 0.2) is 0 Å². The van der Waals surface area contributed by atoms with Crippen molar-refractivity contribution in [2.75, 3.05) is 13.2 Å². The van der Waals surface area contributed by atoms with Gasteiger partial charge in [0.1, 0.15) is 18.2 Å². The predicted octanol–water partition coefficient (Wildman–Crippen LogP) is 1.58. The minimum absolute atomic E-state index is 0.0880. The second kappa shape index (κ2) is 7.54. The summed E-state index contributed by atoms with van der Waals surface area (Å²) in [4.78, 5) is 3.74. The van der Waals surface area contributed by atoms with Crippen LogP contribution in [0, 0.1) is 17.7 Å². The van der Waals surface area contributed by atoms with E-state index in [0.29, 0.717) is 5.75 Å². The van der Waals surface area contributed by atoms with Crippen LogP contribution in [-0.4, -0.2) is 26.6 Å². The summed E-state index contributed by atoms with van der Waals surface area (Å²) < 4.78 is 44.3. The number of nitrogens with one attached hydrogen (secondary N) is 1. The Hall–Kier alpha value is -2.43. The zero-order valence-corrected chi connectivity index (χ0v) is 12.3. The average molecular weight is 320 g/mol. The normalized spacial score (nSPS) is 10.6. The van der Waals surface area contributed by atoms with E-state index in [1.165, 1.54) is 18.2 Å². The van der Waals surface area contributed by atoms with Crippen LogP contribution in [0.25, 0.3) is 0 Å². The van der Waals surface area contributed by atoms with Crippen molar-refractivity contribution in [2.24, 2.45) is 0 Å². The van der Waals surface area contributed by atoms with Crippen LogP contribution in [0.2, 0.25) is 0 Å². The van der Waals surface area contributed by atoms with E-state index in [1.54, 1.807) is 24.5 Å². The molecule has 2 rings (SSSR count). The number of ether oxygens (including phenoxy) is 1. The number of nitrogens with zero attached hydrogens (tertiary/aromatic N) is 1. The Kier molecular flexibility index (Phi) is 5.47. The number of aromatic nitrogens is 1. The molecule has 0 saturated heterocycles. The van der Waals surface area contributed by atoms with Crippen LogP contribution in [0.4, 0.5) is 4.39 Å². The summed E-state index contributed by atoms with van der Waals surface area (Å²) in [7, 11) is -3.77. The van der Waals surface area contributed by atoms with Crippen molar-refractivity contribution in [2.45, 2.75) is 4.90 Å². The third kappa shape index (κ3) is 4.84. The lowest BCUT2D eigenvalue weighted by Crippen LogP contribution is -2.24. The summed E-state index contributed by atoms with van der Waals surface area (Å²) in [5.74, 6) is 5.25. The Labute approximate surface area is 128 Å². The van der Waals surface area contributed by atoms with Gasteiger partial charge < -0.3 is 4.74 Å². The second-order valence-electron chi connectivity index (χ2n) is 4.11. The molecule has 0 bridgehead atoms. The highest BCUT2D eigenvalue weighted by Gasteiger charge is 2.12. The number of sulfonamides is 1. The Morgan fingerprint density at radius 3 is 2.82 bits per heavy atom. The fraction of sp³-hybridized carbons (Fsp3) is 0.133. The molecule has 0 atom stereocenters. The number of hydrogen-bond donors (Lipinski definition) is 1. The quantitative estimate of drug-likeness (QED) is 0.849. The molecule has 0 radical (unpaired) electrons. The Morgan fingerprint density at radius 2 is 2.09 bits per heavy atom. The minimum atomic E-state index is -3.77. The smallest absolute Gasteiger partial charge is 0.241 e. The average Bonchev–Trinajstić information content (AvgIpc) is 2.52. The van der Waals surface area contributed by atoms with Crippen LogP contribution in [-0.2, 0) is 10.0 Å². The Bertz CT molecular complexity index is 783. The zero-order chi connectivity index (χ0) is 15.8. The van der Waals surface area contributed by atoms with E-state index in [0.717, 1.165) is 6.07 Å². The molecule has 0 aliphatic carbocycles. The minimum Gasteiger partial charge on any atom is -0.479 e. The van der Waals surface area contributed by atoms with Crippen LogP contribution in [0.5, 0.6) is 5.75 Å². The van der Waals surface area contributed by atoms with Crippen molar-refractivity contribution in [1.29, 1.82) is 0 Å². The summed E-state index contributed by atoms with van der Waals surface area (Å²) in [5.41, 5.74) is 0. The third-order valence-corrected chi connectivity index (χ3v) is 3.93. The first-order valence-electron chi connectivity index (χ1n) is 6.32. The molecule has 0 saturated carbocycles. The topological polar surface area (TPSA) is 68.3 Å². The second-order valence-corrected chi connectivity index (χ2v) is 5.88. The summed E-state index contributed by atoms with van der Waals surface area (Å²) in [6.07, 6.45) is 3.17. The molecule has 0 aliphatic heterocycles. The van der Waals surface area contributed by atoms with Crippen molar-refractivity contribution in [3.8, 4) is 17.6 Å². The van der Waals surface area contributed by atoms with Gasteiger partial charge in [-0.25, -0.2) is 12.8 Å². The van der Waals surface area contributed by atoms with Crippen molar-refractivity contribution in [3.05, 3.63) is 54.6 Å². The Morgan fingerprint density at radius 1 is 1.23 bits per heavy atom. The van der Waals surface area contributed by atoms with Crippen LogP contribution in [0.1, 0.15) is 0 Å². The van der Waals surface area contributed by atoms with Gasteiger partial charge in [0.2, 0.25) is 10.0 Å². The van der Waals surface area contributed by atoms with Crippen LogP contribution < -0.4 is 9.46 Å². The molecule has 1 aromatic heterocycles. The first kappa shape index (κ1) is 15.9. The summed E-state index contributed by atoms with van der Waals surface area (Å²) >= 11 is 0. The van der Waals surface area contributed by atoms with Crippen molar-refractivity contribution in [3.63, 3.8) is 0 Å². The highest BCUT2D eigenvalue weighted by Crippen LogP contribution is 2.09. The summed E-state index contributed by atoms with van der Waals surface area (Å²) in [6, 6.07) is 8.23. The predicted molar refractivity (Wildman–Crippen MR) is 79.1 cm³/mol. The highest BCUT2D eigenvalue weighted by atomic mass is 32.2. The fourth-order valence-electron chi connectivity index (χ4n) is 1.51. The SMILES string of the molecule is O=S(=O)(NCC#CCOc1cccnc1)c1cccc(F)c1. The van der Waals surface area contributed by atoms with Gasteiger partial charge in [-0.1, -0.05) is 17.9 Å². The van der Waals surface area contributed by atoms with Gasteiger partial charge >= 0.3 is 0 Å². The zero-order valence-electron chi connectivity index (χ0n) is 11.5. The molecule has 1 heterocycles. The molecule has 1 N–H and O–H groups in total. The first-order valence-corrected chi connectivity index (χ1v) is 7.80. The maximum atomic E-state index is 13.0. The molecule has 114 valence electrons. The van der Waals surface area contributed by atoms with Gasteiger partial charge in [0.25, 0.3) is 0 Å². The lowest BCUT2D eigenvalue weighted by Gasteiger charge is -2.03. The number of rotatable bonds is 5. The van der Waals surface area contributed by atoms with Crippen LogP contribution in [0.15, 0.2) is 53.7 Å². The molecule has 22 heavy (non-hydrogen) atoms. The van der Waals surface area contributed by atoms with Gasteiger partial charge in [-0.3, -0.25) is 4.98 Å². The third-order valence-electron chi connectivity index (χ3n) is 2.53.